The average Bonchev–Trinajstić information content (AvgIpc) is 2.47. The molecule has 1 saturated carbocycles. The Morgan fingerprint density at radius 2 is 1.90 bits per heavy atom. The summed E-state index contributed by atoms with van der Waals surface area (Å²) >= 11 is 1.80. The summed E-state index contributed by atoms with van der Waals surface area (Å²) < 4.78 is 29.0. The van der Waals surface area contributed by atoms with Crippen LogP contribution in [0.2, 0.25) is 0 Å². The average molecular weight is 336 g/mol. The first-order valence-corrected chi connectivity index (χ1v) is 10.2. The van der Waals surface area contributed by atoms with E-state index >= 15 is 0 Å². The third kappa shape index (κ3) is 4.58. The van der Waals surface area contributed by atoms with Crippen LogP contribution in [0.1, 0.15) is 38.5 Å². The molecule has 2 rings (SSSR count). The summed E-state index contributed by atoms with van der Waals surface area (Å²) in [7, 11) is -3.48. The number of carboxylic acid groups (broad SMARTS) is 1. The Labute approximate surface area is 130 Å². The van der Waals surface area contributed by atoms with Gasteiger partial charge in [0, 0.05) is 24.4 Å². The van der Waals surface area contributed by atoms with Gasteiger partial charge in [-0.15, -0.1) is 0 Å². The molecule has 2 fully saturated rings. The fourth-order valence-electron chi connectivity index (χ4n) is 3.09. The van der Waals surface area contributed by atoms with Crippen molar-refractivity contribution in [2.75, 3.05) is 19.3 Å². The summed E-state index contributed by atoms with van der Waals surface area (Å²) in [6.07, 6.45) is 6.85. The second-order valence-electron chi connectivity index (χ2n) is 5.86. The van der Waals surface area contributed by atoms with Crippen molar-refractivity contribution in [3.63, 3.8) is 0 Å². The van der Waals surface area contributed by atoms with Crippen molar-refractivity contribution in [1.29, 1.82) is 0 Å². The van der Waals surface area contributed by atoms with Gasteiger partial charge < -0.3 is 5.11 Å². The van der Waals surface area contributed by atoms with Gasteiger partial charge in [0.1, 0.15) is 0 Å². The van der Waals surface area contributed by atoms with E-state index in [-0.39, 0.29) is 6.04 Å². The van der Waals surface area contributed by atoms with Gasteiger partial charge in [-0.2, -0.15) is 29.2 Å². The number of piperidine rings is 1. The number of rotatable bonds is 5. The maximum Gasteiger partial charge on any atom is 0.306 e. The number of nitrogens with zero attached hydrogens (tertiary/aromatic N) is 1. The molecule has 2 unspecified atom stereocenters. The van der Waals surface area contributed by atoms with Crippen LogP contribution in [0.15, 0.2) is 0 Å². The summed E-state index contributed by atoms with van der Waals surface area (Å²) in [4.78, 5) is 10.9. The molecule has 0 radical (unpaired) electrons. The number of thioether (sulfide) groups is 1. The first-order chi connectivity index (χ1) is 9.92. The lowest BCUT2D eigenvalue weighted by Gasteiger charge is -2.33. The van der Waals surface area contributed by atoms with Crippen molar-refractivity contribution in [1.82, 2.24) is 9.03 Å². The first kappa shape index (κ1) is 17.1. The normalized spacial score (nSPS) is 29.4. The molecular weight excluding hydrogens is 312 g/mol. The highest BCUT2D eigenvalue weighted by Crippen LogP contribution is 2.28. The lowest BCUT2D eigenvalue weighted by molar-refractivity contribution is -0.142. The van der Waals surface area contributed by atoms with E-state index in [0.717, 1.165) is 25.7 Å². The zero-order valence-corrected chi connectivity index (χ0v) is 14.0. The van der Waals surface area contributed by atoms with E-state index in [0.29, 0.717) is 31.2 Å². The molecule has 6 nitrogen and oxygen atoms in total. The number of aliphatic carboxylic acids is 1. The van der Waals surface area contributed by atoms with Crippen LogP contribution in [0.25, 0.3) is 0 Å². The third-order valence-electron chi connectivity index (χ3n) is 4.42. The van der Waals surface area contributed by atoms with Gasteiger partial charge in [-0.25, -0.2) is 0 Å². The van der Waals surface area contributed by atoms with Crippen LogP contribution in [0.5, 0.6) is 0 Å². The maximum absolute atomic E-state index is 12.4. The molecule has 0 amide bonds. The lowest BCUT2D eigenvalue weighted by atomic mass is 9.96. The first-order valence-electron chi connectivity index (χ1n) is 7.45. The van der Waals surface area contributed by atoms with Gasteiger partial charge in [0.2, 0.25) is 0 Å². The van der Waals surface area contributed by atoms with Gasteiger partial charge in [-0.3, -0.25) is 4.79 Å². The maximum atomic E-state index is 12.4. The van der Waals surface area contributed by atoms with Crippen LogP contribution in [0.4, 0.5) is 0 Å². The van der Waals surface area contributed by atoms with Crippen molar-refractivity contribution in [3.8, 4) is 0 Å². The number of carboxylic acids is 1. The summed E-state index contributed by atoms with van der Waals surface area (Å²) in [6, 6.07) is 0.0124. The summed E-state index contributed by atoms with van der Waals surface area (Å²) in [5.74, 6) is -1.23. The van der Waals surface area contributed by atoms with E-state index < -0.39 is 22.1 Å². The van der Waals surface area contributed by atoms with Gasteiger partial charge in [-0.05, 0) is 38.4 Å². The van der Waals surface area contributed by atoms with Gasteiger partial charge in [0.25, 0.3) is 10.2 Å². The van der Waals surface area contributed by atoms with Gasteiger partial charge >= 0.3 is 5.97 Å². The number of nitrogens with one attached hydrogen (secondary N) is 1. The fourth-order valence-corrected chi connectivity index (χ4v) is 5.40. The topological polar surface area (TPSA) is 86.7 Å². The molecule has 0 spiro atoms. The van der Waals surface area contributed by atoms with E-state index in [9.17, 15) is 13.2 Å². The second kappa shape index (κ2) is 7.30. The minimum absolute atomic E-state index is 0.0124. The SMILES string of the molecule is CSC1CCCC(NS(=O)(=O)N2CCC(C(=O)O)CC2)C1. The highest BCUT2D eigenvalue weighted by molar-refractivity contribution is 7.99. The largest absolute Gasteiger partial charge is 0.481 e. The zero-order chi connectivity index (χ0) is 15.5. The van der Waals surface area contributed by atoms with Crippen LogP contribution in [-0.2, 0) is 15.0 Å². The van der Waals surface area contributed by atoms with Crippen molar-refractivity contribution in [2.24, 2.45) is 5.92 Å². The van der Waals surface area contributed by atoms with Crippen LogP contribution in [0, 0.1) is 5.92 Å². The third-order valence-corrected chi connectivity index (χ3v) is 7.19. The highest BCUT2D eigenvalue weighted by Gasteiger charge is 2.33. The molecule has 2 aliphatic rings. The molecule has 2 N–H and O–H groups in total. The second-order valence-corrected chi connectivity index (χ2v) is 8.70. The minimum Gasteiger partial charge on any atom is -0.481 e. The van der Waals surface area contributed by atoms with Crippen molar-refractivity contribution >= 4 is 27.9 Å². The Balaban J connectivity index is 1.89. The molecule has 1 heterocycles. The Bertz CT molecular complexity index is 461. The van der Waals surface area contributed by atoms with Crippen molar-refractivity contribution in [3.05, 3.63) is 0 Å². The van der Waals surface area contributed by atoms with E-state index in [1.807, 2.05) is 0 Å². The predicted octanol–water partition coefficient (Wildman–Crippen LogP) is 1.29. The molecule has 8 heteroatoms. The van der Waals surface area contributed by atoms with E-state index in [1.165, 1.54) is 4.31 Å². The van der Waals surface area contributed by atoms with E-state index in [4.69, 9.17) is 5.11 Å². The standard InChI is InChI=1S/C13H24N2O4S2/c1-20-12-4-2-3-11(9-12)14-21(18,19)15-7-5-10(6-8-15)13(16)17/h10-12,14H,2-9H2,1H3,(H,16,17). The minimum atomic E-state index is -3.48. The van der Waals surface area contributed by atoms with Gasteiger partial charge in [0.15, 0.2) is 0 Å². The number of hydrogen-bond acceptors (Lipinski definition) is 4. The van der Waals surface area contributed by atoms with Crippen LogP contribution >= 0.6 is 11.8 Å². The Kier molecular flexibility index (Phi) is 5.93. The summed E-state index contributed by atoms with van der Waals surface area (Å²) in [5.41, 5.74) is 0. The Morgan fingerprint density at radius 3 is 2.48 bits per heavy atom. The molecule has 0 aromatic carbocycles. The molecule has 0 bridgehead atoms. The fraction of sp³-hybridized carbons (Fsp3) is 0.923. The summed E-state index contributed by atoms with van der Waals surface area (Å²) in [6.45, 7) is 0.593. The molecule has 21 heavy (non-hydrogen) atoms. The smallest absolute Gasteiger partial charge is 0.306 e. The molecule has 1 aliphatic carbocycles. The lowest BCUT2D eigenvalue weighted by Crippen LogP contribution is -2.50. The van der Waals surface area contributed by atoms with Gasteiger partial charge in [-0.1, -0.05) is 6.42 Å². The molecular formula is C13H24N2O4S2. The quantitative estimate of drug-likeness (QED) is 0.790. The van der Waals surface area contributed by atoms with Crippen LogP contribution in [0.3, 0.4) is 0 Å². The monoisotopic (exact) mass is 336 g/mol. The molecule has 0 aromatic rings. The Morgan fingerprint density at radius 1 is 1.24 bits per heavy atom. The molecule has 1 saturated heterocycles. The number of carbonyl (C=O) groups is 1. The Hall–Kier alpha value is -0.310. The molecule has 1 aliphatic heterocycles. The molecule has 0 aromatic heterocycles. The van der Waals surface area contributed by atoms with E-state index in [2.05, 4.69) is 11.0 Å². The van der Waals surface area contributed by atoms with E-state index in [1.54, 1.807) is 11.8 Å². The molecule has 122 valence electrons. The molecule has 2 atom stereocenters. The zero-order valence-electron chi connectivity index (χ0n) is 12.3. The van der Waals surface area contributed by atoms with Crippen molar-refractivity contribution < 1.29 is 18.3 Å². The predicted molar refractivity (Wildman–Crippen MR) is 83.5 cm³/mol. The van der Waals surface area contributed by atoms with Crippen LogP contribution < -0.4 is 4.72 Å². The van der Waals surface area contributed by atoms with Crippen LogP contribution in [-0.4, -0.2) is 54.4 Å². The summed E-state index contributed by atoms with van der Waals surface area (Å²) in [5, 5.41) is 9.49. The van der Waals surface area contributed by atoms with Gasteiger partial charge in [0.05, 0.1) is 5.92 Å². The number of hydrogen-bond donors (Lipinski definition) is 2. The highest BCUT2D eigenvalue weighted by atomic mass is 32.2. The van der Waals surface area contributed by atoms with Crippen molar-refractivity contribution in [2.45, 2.75) is 49.8 Å².